The van der Waals surface area contributed by atoms with Crippen LogP contribution in [0.4, 0.5) is 8.78 Å². The Morgan fingerprint density at radius 3 is 2.19 bits per heavy atom. The van der Waals surface area contributed by atoms with Crippen molar-refractivity contribution in [2.75, 3.05) is 13.2 Å². The highest BCUT2D eigenvalue weighted by molar-refractivity contribution is 5.65. The van der Waals surface area contributed by atoms with Gasteiger partial charge in [0.25, 0.3) is 0 Å². The Morgan fingerprint density at radius 1 is 0.935 bits per heavy atom. The van der Waals surface area contributed by atoms with Gasteiger partial charge in [-0.1, -0.05) is 56.7 Å². The Bertz CT molecular complexity index is 848. The second-order valence-electron chi connectivity index (χ2n) is 9.29. The molecule has 2 aliphatic rings. The molecule has 0 bridgehead atoms. The molecule has 0 aromatic heterocycles. The maximum absolute atomic E-state index is 14.9. The lowest BCUT2D eigenvalue weighted by Crippen LogP contribution is -2.46. The first-order valence-electron chi connectivity index (χ1n) is 11.8. The van der Waals surface area contributed by atoms with E-state index in [1.54, 1.807) is 6.07 Å². The van der Waals surface area contributed by atoms with E-state index in [1.807, 2.05) is 25.1 Å². The van der Waals surface area contributed by atoms with Crippen molar-refractivity contribution >= 4 is 0 Å². The molecule has 0 N–H and O–H groups in total. The molecule has 31 heavy (non-hydrogen) atoms. The zero-order chi connectivity index (χ0) is 21.8. The first-order valence-corrected chi connectivity index (χ1v) is 11.8. The fraction of sp³-hybridized carbons (Fsp3) is 0.556. The Labute approximate surface area is 185 Å². The van der Waals surface area contributed by atoms with E-state index in [0.29, 0.717) is 23.8 Å². The summed E-state index contributed by atoms with van der Waals surface area (Å²) >= 11 is 0. The van der Waals surface area contributed by atoms with Gasteiger partial charge in [0, 0.05) is 11.5 Å². The highest BCUT2D eigenvalue weighted by Gasteiger charge is 2.40. The lowest BCUT2D eigenvalue weighted by molar-refractivity contribution is -0.257. The molecule has 2 aromatic carbocycles. The van der Waals surface area contributed by atoms with E-state index in [4.69, 9.17) is 9.47 Å². The maximum Gasteiger partial charge on any atom is 0.160 e. The van der Waals surface area contributed by atoms with Gasteiger partial charge in [0.2, 0.25) is 0 Å². The summed E-state index contributed by atoms with van der Waals surface area (Å²) in [7, 11) is 0. The van der Waals surface area contributed by atoms with E-state index in [2.05, 4.69) is 25.1 Å². The molecule has 0 atom stereocenters. The van der Waals surface area contributed by atoms with E-state index in [-0.39, 0.29) is 25.3 Å². The van der Waals surface area contributed by atoms with Gasteiger partial charge in [0.15, 0.2) is 12.0 Å². The van der Waals surface area contributed by atoms with Crippen LogP contribution in [0.25, 0.3) is 11.1 Å². The molecule has 0 radical (unpaired) electrons. The van der Waals surface area contributed by atoms with E-state index in [0.717, 1.165) is 49.7 Å². The van der Waals surface area contributed by atoms with Gasteiger partial charge in [-0.15, -0.1) is 0 Å². The van der Waals surface area contributed by atoms with E-state index < -0.39 is 5.67 Å². The summed E-state index contributed by atoms with van der Waals surface area (Å²) in [6, 6.07) is 13.8. The molecule has 2 fully saturated rings. The van der Waals surface area contributed by atoms with E-state index >= 15 is 0 Å². The minimum Gasteiger partial charge on any atom is -0.349 e. The van der Waals surface area contributed by atoms with Gasteiger partial charge in [-0.25, -0.2) is 8.78 Å². The van der Waals surface area contributed by atoms with Crippen LogP contribution in [0.5, 0.6) is 0 Å². The average Bonchev–Trinajstić information content (AvgIpc) is 2.80. The van der Waals surface area contributed by atoms with Crippen LogP contribution in [0, 0.1) is 11.7 Å². The minimum absolute atomic E-state index is 0.136. The molecule has 1 aliphatic carbocycles. The molecule has 2 nitrogen and oxygen atoms in total. The van der Waals surface area contributed by atoms with Gasteiger partial charge >= 0.3 is 0 Å². The van der Waals surface area contributed by atoms with Crippen LogP contribution in [0.2, 0.25) is 0 Å². The SMILES string of the molecule is CCCC1(F)COC(C2CCC(c3ccc(-c4ccc(CC)cc4)c(F)c3)CC2)OC1. The first-order chi connectivity index (χ1) is 15.0. The maximum atomic E-state index is 14.9. The van der Waals surface area contributed by atoms with Gasteiger partial charge in [0.05, 0.1) is 13.2 Å². The number of halogens is 2. The van der Waals surface area contributed by atoms with Crippen molar-refractivity contribution in [1.29, 1.82) is 0 Å². The number of alkyl halides is 1. The highest BCUT2D eigenvalue weighted by atomic mass is 19.1. The molecular formula is C27H34F2O2. The van der Waals surface area contributed by atoms with Crippen molar-refractivity contribution in [3.63, 3.8) is 0 Å². The largest absolute Gasteiger partial charge is 0.349 e. The molecule has 1 saturated heterocycles. The predicted molar refractivity (Wildman–Crippen MR) is 120 cm³/mol. The summed E-state index contributed by atoms with van der Waals surface area (Å²) in [5.41, 5.74) is 2.57. The van der Waals surface area contributed by atoms with Crippen molar-refractivity contribution in [3.05, 3.63) is 59.4 Å². The Hall–Kier alpha value is -1.78. The quantitative estimate of drug-likeness (QED) is 0.484. The fourth-order valence-corrected chi connectivity index (χ4v) is 5.08. The van der Waals surface area contributed by atoms with Crippen molar-refractivity contribution in [2.45, 2.75) is 76.7 Å². The topological polar surface area (TPSA) is 18.5 Å². The predicted octanol–water partition coefficient (Wildman–Crippen LogP) is 7.21. The number of ether oxygens (including phenoxy) is 2. The molecule has 0 spiro atoms. The number of hydrogen-bond donors (Lipinski definition) is 0. The Balaban J connectivity index is 1.34. The lowest BCUT2D eigenvalue weighted by atomic mass is 9.78. The standard InChI is InChI=1S/C27H34F2O2/c1-3-15-27(29)17-30-26(31-18-27)22-11-9-20(10-12-22)23-13-14-24(25(28)16-23)21-7-5-19(4-2)6-8-21/h5-8,13-14,16,20,22,26H,3-4,9-12,15,17-18H2,1-2H3. The third kappa shape index (κ3) is 5.18. The van der Waals surface area contributed by atoms with Crippen LogP contribution in [-0.2, 0) is 15.9 Å². The minimum atomic E-state index is -1.33. The third-order valence-electron chi connectivity index (χ3n) is 7.01. The van der Waals surface area contributed by atoms with Crippen molar-refractivity contribution in [3.8, 4) is 11.1 Å². The molecule has 0 amide bonds. The van der Waals surface area contributed by atoms with Gasteiger partial charge in [0.1, 0.15) is 5.82 Å². The van der Waals surface area contributed by atoms with E-state index in [9.17, 15) is 8.78 Å². The van der Waals surface area contributed by atoms with Crippen molar-refractivity contribution in [2.24, 2.45) is 5.92 Å². The van der Waals surface area contributed by atoms with Crippen LogP contribution >= 0.6 is 0 Å². The van der Waals surface area contributed by atoms with E-state index in [1.165, 1.54) is 5.56 Å². The Kier molecular flexibility index (Phi) is 7.08. The summed E-state index contributed by atoms with van der Waals surface area (Å²) < 4.78 is 41.0. The molecule has 4 rings (SSSR count). The molecule has 1 heterocycles. The van der Waals surface area contributed by atoms with Crippen molar-refractivity contribution in [1.82, 2.24) is 0 Å². The molecule has 0 unspecified atom stereocenters. The second-order valence-corrected chi connectivity index (χ2v) is 9.29. The molecule has 2 aromatic rings. The summed E-state index contributed by atoms with van der Waals surface area (Å²) in [5.74, 6) is 0.493. The summed E-state index contributed by atoms with van der Waals surface area (Å²) in [5, 5.41) is 0. The number of benzene rings is 2. The van der Waals surface area contributed by atoms with Crippen LogP contribution in [0.1, 0.15) is 69.4 Å². The molecule has 1 saturated carbocycles. The fourth-order valence-electron chi connectivity index (χ4n) is 5.08. The van der Waals surface area contributed by atoms with Crippen LogP contribution in [-0.4, -0.2) is 25.2 Å². The smallest absolute Gasteiger partial charge is 0.160 e. The zero-order valence-electron chi connectivity index (χ0n) is 18.7. The average molecular weight is 429 g/mol. The van der Waals surface area contributed by atoms with Crippen molar-refractivity contribution < 1.29 is 18.3 Å². The zero-order valence-corrected chi connectivity index (χ0v) is 18.7. The van der Waals surface area contributed by atoms with Gasteiger partial charge in [-0.2, -0.15) is 0 Å². The highest BCUT2D eigenvalue weighted by Crippen LogP contribution is 2.40. The summed E-state index contributed by atoms with van der Waals surface area (Å²) in [6.07, 6.45) is 5.84. The normalized spacial score (nSPS) is 29.1. The molecular weight excluding hydrogens is 394 g/mol. The Morgan fingerprint density at radius 2 is 1.61 bits per heavy atom. The summed E-state index contributed by atoms with van der Waals surface area (Å²) in [4.78, 5) is 0. The molecule has 4 heteroatoms. The second kappa shape index (κ2) is 9.79. The number of aryl methyl sites for hydroxylation is 1. The summed E-state index contributed by atoms with van der Waals surface area (Å²) in [6.45, 7) is 4.37. The van der Waals surface area contributed by atoms with Gasteiger partial charge in [-0.3, -0.25) is 0 Å². The van der Waals surface area contributed by atoms with Crippen LogP contribution in [0.15, 0.2) is 42.5 Å². The molecule has 1 aliphatic heterocycles. The number of rotatable bonds is 6. The van der Waals surface area contributed by atoms with Crippen LogP contribution < -0.4 is 0 Å². The number of hydrogen-bond acceptors (Lipinski definition) is 2. The first kappa shape index (κ1) is 22.4. The van der Waals surface area contributed by atoms with Gasteiger partial charge < -0.3 is 9.47 Å². The lowest BCUT2D eigenvalue weighted by Gasteiger charge is -2.40. The molecule has 168 valence electrons. The third-order valence-corrected chi connectivity index (χ3v) is 7.01. The van der Waals surface area contributed by atoms with Crippen LogP contribution in [0.3, 0.4) is 0 Å². The van der Waals surface area contributed by atoms with Gasteiger partial charge in [-0.05, 0) is 67.2 Å². The monoisotopic (exact) mass is 428 g/mol.